The molecule has 0 aliphatic heterocycles. The number of rotatable bonds is 10. The number of halogens is 1. The Hall–Kier alpha value is -3.56. The highest BCUT2D eigenvalue weighted by Crippen LogP contribution is 2.26. The number of aryl methyl sites for hydroxylation is 1. The predicted octanol–water partition coefficient (Wildman–Crippen LogP) is 4.02. The van der Waals surface area contributed by atoms with Gasteiger partial charge in [-0.2, -0.15) is 0 Å². The average Bonchev–Trinajstić information content (AvgIpc) is 2.90. The second kappa shape index (κ2) is 12.1. The zero-order valence-corrected chi connectivity index (χ0v) is 22.7. The molecule has 3 aromatic rings. The molecule has 37 heavy (non-hydrogen) atoms. The van der Waals surface area contributed by atoms with E-state index in [1.54, 1.807) is 62.6 Å². The van der Waals surface area contributed by atoms with Gasteiger partial charge in [-0.3, -0.25) is 13.9 Å². The summed E-state index contributed by atoms with van der Waals surface area (Å²) < 4.78 is 33.6. The van der Waals surface area contributed by atoms with E-state index in [9.17, 15) is 18.0 Å². The van der Waals surface area contributed by atoms with Gasteiger partial charge in [-0.25, -0.2) is 8.42 Å². The Balaban J connectivity index is 2.00. The van der Waals surface area contributed by atoms with E-state index < -0.39 is 28.5 Å². The third-order valence-corrected chi connectivity index (χ3v) is 7.97. The molecule has 0 aliphatic carbocycles. The smallest absolute Gasteiger partial charge is 0.264 e. The number of amides is 2. The Bertz CT molecular complexity index is 1330. The Morgan fingerprint density at radius 2 is 1.57 bits per heavy atom. The van der Waals surface area contributed by atoms with E-state index in [0.29, 0.717) is 10.8 Å². The number of carbonyl (C=O) groups is 2. The van der Waals surface area contributed by atoms with Gasteiger partial charge in [0, 0.05) is 18.6 Å². The van der Waals surface area contributed by atoms with Crippen LogP contribution in [0.15, 0.2) is 77.7 Å². The molecule has 0 saturated carbocycles. The van der Waals surface area contributed by atoms with Gasteiger partial charge < -0.3 is 15.0 Å². The number of sulfonamides is 1. The van der Waals surface area contributed by atoms with Crippen molar-refractivity contribution in [3.63, 3.8) is 0 Å². The molecule has 2 amide bonds. The molecular weight excluding hydrogens is 514 g/mol. The zero-order valence-electron chi connectivity index (χ0n) is 21.1. The van der Waals surface area contributed by atoms with E-state index in [0.717, 1.165) is 15.4 Å². The van der Waals surface area contributed by atoms with Crippen molar-refractivity contribution < 1.29 is 22.7 Å². The molecule has 0 unspecified atom stereocenters. The molecule has 0 radical (unpaired) electrons. The fraction of sp³-hybridized carbons (Fsp3) is 0.259. The predicted molar refractivity (Wildman–Crippen MR) is 144 cm³/mol. The normalized spacial score (nSPS) is 11.9. The maximum Gasteiger partial charge on any atom is 0.264 e. The summed E-state index contributed by atoms with van der Waals surface area (Å²) in [5, 5.41) is 2.99. The number of hydrogen-bond acceptors (Lipinski definition) is 5. The minimum absolute atomic E-state index is 0.0434. The van der Waals surface area contributed by atoms with Crippen LogP contribution in [0.4, 0.5) is 5.69 Å². The largest absolute Gasteiger partial charge is 0.497 e. The molecule has 0 saturated heterocycles. The average molecular weight is 544 g/mol. The summed E-state index contributed by atoms with van der Waals surface area (Å²) in [5.41, 5.74) is 1.93. The maximum atomic E-state index is 13.7. The molecule has 0 bridgehead atoms. The second-order valence-corrected chi connectivity index (χ2v) is 10.8. The Morgan fingerprint density at radius 3 is 2.11 bits per heavy atom. The van der Waals surface area contributed by atoms with Crippen LogP contribution >= 0.6 is 11.6 Å². The summed E-state index contributed by atoms with van der Waals surface area (Å²) in [5.74, 6) is -0.266. The highest BCUT2D eigenvalue weighted by Gasteiger charge is 2.32. The molecule has 8 nitrogen and oxygen atoms in total. The van der Waals surface area contributed by atoms with Crippen molar-refractivity contribution in [2.75, 3.05) is 25.0 Å². The van der Waals surface area contributed by atoms with Crippen LogP contribution in [0.25, 0.3) is 0 Å². The fourth-order valence-corrected chi connectivity index (χ4v) is 5.23. The van der Waals surface area contributed by atoms with Crippen molar-refractivity contribution in [3.05, 3.63) is 88.9 Å². The summed E-state index contributed by atoms with van der Waals surface area (Å²) >= 11 is 6.03. The lowest BCUT2D eigenvalue weighted by molar-refractivity contribution is -0.139. The lowest BCUT2D eigenvalue weighted by Crippen LogP contribution is -2.50. The van der Waals surface area contributed by atoms with E-state index in [4.69, 9.17) is 16.3 Å². The number of nitrogens with one attached hydrogen (secondary N) is 1. The molecule has 196 valence electrons. The van der Waals surface area contributed by atoms with Gasteiger partial charge >= 0.3 is 0 Å². The Labute approximate surface area is 222 Å². The first-order chi connectivity index (χ1) is 17.6. The molecule has 3 aromatic carbocycles. The quantitative estimate of drug-likeness (QED) is 0.417. The summed E-state index contributed by atoms with van der Waals surface area (Å²) in [7, 11) is -1.08. The first-order valence-corrected chi connectivity index (χ1v) is 13.4. The van der Waals surface area contributed by atoms with Gasteiger partial charge in [0.15, 0.2) is 0 Å². The summed E-state index contributed by atoms with van der Waals surface area (Å²) in [6, 6.07) is 18.8. The number of benzene rings is 3. The topological polar surface area (TPSA) is 96.0 Å². The van der Waals surface area contributed by atoms with E-state index in [1.807, 2.05) is 6.92 Å². The van der Waals surface area contributed by atoms with Crippen LogP contribution in [0.5, 0.6) is 5.75 Å². The number of carbonyl (C=O) groups excluding carboxylic acids is 2. The summed E-state index contributed by atoms with van der Waals surface area (Å²) in [6.45, 7) is 3.03. The van der Waals surface area contributed by atoms with Crippen LogP contribution in [-0.4, -0.2) is 51.9 Å². The molecule has 0 aliphatic rings. The van der Waals surface area contributed by atoms with Crippen LogP contribution in [0, 0.1) is 6.92 Å². The Kier molecular flexibility index (Phi) is 9.18. The Morgan fingerprint density at radius 1 is 0.973 bits per heavy atom. The first kappa shape index (κ1) is 28.0. The van der Waals surface area contributed by atoms with Gasteiger partial charge in [-0.15, -0.1) is 0 Å². The number of methoxy groups -OCH3 is 1. The van der Waals surface area contributed by atoms with Gasteiger partial charge in [-0.05, 0) is 67.9 Å². The molecule has 1 atom stereocenters. The number of hydrogen-bond donors (Lipinski definition) is 1. The highest BCUT2D eigenvalue weighted by molar-refractivity contribution is 7.92. The lowest BCUT2D eigenvalue weighted by atomic mass is 10.1. The van der Waals surface area contributed by atoms with Gasteiger partial charge in [0.05, 0.1) is 17.7 Å². The SMILES string of the molecule is CNC(=O)[C@H](C)N(Cc1ccc(OC)cc1)C(=O)CN(c1ccc(Cl)cc1)S(=O)(=O)c1ccc(C)cc1. The molecule has 0 aromatic heterocycles. The van der Waals surface area contributed by atoms with Crippen molar-refractivity contribution in [3.8, 4) is 5.75 Å². The van der Waals surface area contributed by atoms with Gasteiger partial charge in [0.1, 0.15) is 18.3 Å². The number of ether oxygens (including phenoxy) is 1. The molecular formula is C27H30ClN3O5S. The third-order valence-electron chi connectivity index (χ3n) is 5.93. The highest BCUT2D eigenvalue weighted by atomic mass is 35.5. The van der Waals surface area contributed by atoms with E-state index in [-0.39, 0.29) is 23.0 Å². The van der Waals surface area contributed by atoms with Gasteiger partial charge in [0.25, 0.3) is 10.0 Å². The standard InChI is InChI=1S/C27H30ClN3O5S/c1-19-5-15-25(16-6-19)37(34,35)31(23-11-9-22(28)10-12-23)18-26(32)30(20(2)27(33)29-3)17-21-7-13-24(36-4)14-8-21/h5-16,20H,17-18H2,1-4H3,(H,29,33)/t20-/m0/s1. The van der Waals surface area contributed by atoms with Crippen LogP contribution in [0.2, 0.25) is 5.02 Å². The van der Waals surface area contributed by atoms with Crippen LogP contribution in [0.3, 0.4) is 0 Å². The van der Waals surface area contributed by atoms with Crippen molar-refractivity contribution in [2.24, 2.45) is 0 Å². The lowest BCUT2D eigenvalue weighted by Gasteiger charge is -2.31. The van der Waals surface area contributed by atoms with Crippen LogP contribution < -0.4 is 14.4 Å². The molecule has 10 heteroatoms. The third kappa shape index (κ3) is 6.81. The maximum absolute atomic E-state index is 13.7. The van der Waals surface area contributed by atoms with Crippen molar-refractivity contribution >= 4 is 39.1 Å². The van der Waals surface area contributed by atoms with Gasteiger partial charge in [-0.1, -0.05) is 41.4 Å². The van der Waals surface area contributed by atoms with Gasteiger partial charge in [0.2, 0.25) is 11.8 Å². The van der Waals surface area contributed by atoms with E-state index >= 15 is 0 Å². The van der Waals surface area contributed by atoms with E-state index in [1.165, 1.54) is 36.2 Å². The second-order valence-electron chi connectivity index (χ2n) is 8.46. The monoisotopic (exact) mass is 543 g/mol. The zero-order chi connectivity index (χ0) is 27.2. The van der Waals surface area contributed by atoms with E-state index in [2.05, 4.69) is 5.32 Å². The molecule has 0 fully saturated rings. The number of likely N-dealkylation sites (N-methyl/N-ethyl adjacent to an activating group) is 1. The minimum atomic E-state index is -4.12. The number of nitrogens with zero attached hydrogens (tertiary/aromatic N) is 2. The molecule has 0 heterocycles. The van der Waals surface area contributed by atoms with Crippen LogP contribution in [-0.2, 0) is 26.2 Å². The molecule has 3 rings (SSSR count). The molecule has 1 N–H and O–H groups in total. The fourth-order valence-electron chi connectivity index (χ4n) is 3.69. The summed E-state index contributed by atoms with van der Waals surface area (Å²) in [6.07, 6.45) is 0. The van der Waals surface area contributed by atoms with Crippen LogP contribution in [0.1, 0.15) is 18.1 Å². The summed E-state index contributed by atoms with van der Waals surface area (Å²) in [4.78, 5) is 27.6. The first-order valence-electron chi connectivity index (χ1n) is 11.6. The molecule has 0 spiro atoms. The minimum Gasteiger partial charge on any atom is -0.497 e. The van der Waals surface area contributed by atoms with Crippen molar-refractivity contribution in [2.45, 2.75) is 31.3 Å². The van der Waals surface area contributed by atoms with Crippen molar-refractivity contribution in [1.29, 1.82) is 0 Å². The number of anilines is 1. The van der Waals surface area contributed by atoms with Crippen molar-refractivity contribution in [1.82, 2.24) is 10.2 Å².